The molecular formula is C14H24N2. The van der Waals surface area contributed by atoms with Crippen LogP contribution in [0.2, 0.25) is 0 Å². The van der Waals surface area contributed by atoms with Crippen molar-refractivity contribution < 1.29 is 0 Å². The summed E-state index contributed by atoms with van der Waals surface area (Å²) in [7, 11) is 0. The lowest BCUT2D eigenvalue weighted by molar-refractivity contribution is 0.0615. The summed E-state index contributed by atoms with van der Waals surface area (Å²) in [6.45, 7) is 11.6. The third-order valence-electron chi connectivity index (χ3n) is 3.75. The molecule has 2 rings (SSSR count). The minimum Gasteiger partial charge on any atom is -0.365 e. The van der Waals surface area contributed by atoms with Gasteiger partial charge in [-0.05, 0) is 38.3 Å². The van der Waals surface area contributed by atoms with Crippen LogP contribution in [0.1, 0.15) is 51.9 Å². The van der Waals surface area contributed by atoms with Crippen LogP contribution in [0.4, 0.5) is 0 Å². The topological polar surface area (TPSA) is 19.0 Å². The second kappa shape index (κ2) is 4.25. The molecule has 0 bridgehead atoms. The molecule has 1 aromatic rings. The molecule has 1 N–H and O–H groups in total. The van der Waals surface area contributed by atoms with Gasteiger partial charge in [-0.1, -0.05) is 13.8 Å². The lowest BCUT2D eigenvalue weighted by Gasteiger charge is -2.45. The molecule has 0 amide bonds. The van der Waals surface area contributed by atoms with Crippen molar-refractivity contribution in [2.45, 2.75) is 59.2 Å². The first-order valence-electron chi connectivity index (χ1n) is 6.46. The van der Waals surface area contributed by atoms with E-state index in [0.29, 0.717) is 24.0 Å². The minimum atomic E-state index is 0.574. The van der Waals surface area contributed by atoms with E-state index in [9.17, 15) is 0 Å². The molecule has 0 fully saturated rings. The van der Waals surface area contributed by atoms with E-state index in [0.717, 1.165) is 6.42 Å². The Bertz CT molecular complexity index is 351. The highest BCUT2D eigenvalue weighted by Gasteiger charge is 2.35. The van der Waals surface area contributed by atoms with Crippen LogP contribution in [0.5, 0.6) is 0 Å². The molecule has 2 heteroatoms. The van der Waals surface area contributed by atoms with Crippen molar-refractivity contribution in [3.05, 3.63) is 23.5 Å². The van der Waals surface area contributed by atoms with Crippen molar-refractivity contribution in [3.8, 4) is 0 Å². The van der Waals surface area contributed by atoms with Gasteiger partial charge in [0.05, 0.1) is 0 Å². The molecule has 2 nitrogen and oxygen atoms in total. The van der Waals surface area contributed by atoms with Gasteiger partial charge in [0.2, 0.25) is 0 Å². The Morgan fingerprint density at radius 1 is 1.31 bits per heavy atom. The maximum Gasteiger partial charge on any atom is 0.0394 e. The summed E-state index contributed by atoms with van der Waals surface area (Å²) in [5.41, 5.74) is 2.96. The molecule has 1 aromatic heterocycles. The lowest BCUT2D eigenvalue weighted by Crippen LogP contribution is -2.47. The van der Waals surface area contributed by atoms with E-state index in [1.165, 1.54) is 11.3 Å². The average Bonchev–Trinajstić information content (AvgIpc) is 2.61. The highest BCUT2D eigenvalue weighted by molar-refractivity contribution is 5.29. The van der Waals surface area contributed by atoms with Gasteiger partial charge in [0.15, 0.2) is 0 Å². The van der Waals surface area contributed by atoms with Gasteiger partial charge >= 0.3 is 0 Å². The van der Waals surface area contributed by atoms with Crippen molar-refractivity contribution in [1.82, 2.24) is 9.88 Å². The first-order valence-corrected chi connectivity index (χ1v) is 6.46. The van der Waals surface area contributed by atoms with E-state index in [4.69, 9.17) is 0 Å². The second-order valence-corrected chi connectivity index (χ2v) is 5.69. The van der Waals surface area contributed by atoms with Crippen molar-refractivity contribution in [3.63, 3.8) is 0 Å². The molecule has 0 aromatic carbocycles. The Hall–Kier alpha value is -0.760. The van der Waals surface area contributed by atoms with Crippen LogP contribution in [0, 0.1) is 5.92 Å². The van der Waals surface area contributed by atoms with Crippen LogP contribution in [-0.4, -0.2) is 22.0 Å². The van der Waals surface area contributed by atoms with Gasteiger partial charge in [-0.2, -0.15) is 0 Å². The van der Waals surface area contributed by atoms with Gasteiger partial charge in [0.25, 0.3) is 0 Å². The molecule has 0 saturated heterocycles. The minimum absolute atomic E-state index is 0.574. The summed E-state index contributed by atoms with van der Waals surface area (Å²) in [6, 6.07) is 4.09. The van der Waals surface area contributed by atoms with E-state index >= 15 is 0 Å². The number of aromatic amines is 1. The van der Waals surface area contributed by atoms with Crippen molar-refractivity contribution in [1.29, 1.82) is 0 Å². The Morgan fingerprint density at radius 3 is 2.56 bits per heavy atom. The van der Waals surface area contributed by atoms with Gasteiger partial charge < -0.3 is 4.98 Å². The van der Waals surface area contributed by atoms with E-state index in [1.807, 2.05) is 0 Å². The number of hydrogen-bond donors (Lipinski definition) is 1. The monoisotopic (exact) mass is 220 g/mol. The van der Waals surface area contributed by atoms with Crippen LogP contribution >= 0.6 is 0 Å². The molecule has 0 radical (unpaired) electrons. The van der Waals surface area contributed by atoms with Crippen LogP contribution in [0.25, 0.3) is 0 Å². The quantitative estimate of drug-likeness (QED) is 0.809. The molecule has 2 heterocycles. The molecule has 2 atom stereocenters. The Balaban J connectivity index is 2.41. The zero-order valence-electron chi connectivity index (χ0n) is 11.1. The van der Waals surface area contributed by atoms with Crippen LogP contribution < -0.4 is 0 Å². The zero-order valence-corrected chi connectivity index (χ0v) is 11.1. The SMILES string of the molecule is CC(C)[C@H]1c2cc[nH]c2C[C@H](C)N1C(C)C. The maximum absolute atomic E-state index is 3.41. The summed E-state index contributed by atoms with van der Waals surface area (Å²) >= 11 is 0. The summed E-state index contributed by atoms with van der Waals surface area (Å²) in [6.07, 6.45) is 3.25. The van der Waals surface area contributed by atoms with Gasteiger partial charge in [-0.15, -0.1) is 0 Å². The van der Waals surface area contributed by atoms with Gasteiger partial charge in [-0.3, -0.25) is 4.90 Å². The van der Waals surface area contributed by atoms with E-state index in [-0.39, 0.29) is 0 Å². The van der Waals surface area contributed by atoms with E-state index in [2.05, 4.69) is 56.8 Å². The van der Waals surface area contributed by atoms with Crippen molar-refractivity contribution in [2.75, 3.05) is 0 Å². The number of H-pyrrole nitrogens is 1. The summed E-state index contributed by atoms with van der Waals surface area (Å²) in [4.78, 5) is 6.07. The predicted molar refractivity (Wildman–Crippen MR) is 68.5 cm³/mol. The number of nitrogens with one attached hydrogen (secondary N) is 1. The van der Waals surface area contributed by atoms with Crippen LogP contribution in [-0.2, 0) is 6.42 Å². The second-order valence-electron chi connectivity index (χ2n) is 5.69. The Labute approximate surface area is 99.0 Å². The lowest BCUT2D eigenvalue weighted by atomic mass is 9.86. The summed E-state index contributed by atoms with van der Waals surface area (Å²) < 4.78 is 0. The van der Waals surface area contributed by atoms with Crippen molar-refractivity contribution >= 4 is 0 Å². The van der Waals surface area contributed by atoms with E-state index in [1.54, 1.807) is 0 Å². The maximum atomic E-state index is 3.41. The number of rotatable bonds is 2. The first-order chi connectivity index (χ1) is 7.52. The largest absolute Gasteiger partial charge is 0.365 e. The highest BCUT2D eigenvalue weighted by Crippen LogP contribution is 2.38. The fraction of sp³-hybridized carbons (Fsp3) is 0.714. The molecule has 16 heavy (non-hydrogen) atoms. The summed E-state index contributed by atoms with van der Waals surface area (Å²) in [5.74, 6) is 0.666. The average molecular weight is 220 g/mol. The fourth-order valence-electron chi connectivity index (χ4n) is 3.24. The van der Waals surface area contributed by atoms with Gasteiger partial charge in [0, 0.05) is 36.4 Å². The number of hydrogen-bond acceptors (Lipinski definition) is 1. The molecule has 1 aliphatic heterocycles. The number of aromatic nitrogens is 1. The third-order valence-corrected chi connectivity index (χ3v) is 3.75. The van der Waals surface area contributed by atoms with E-state index < -0.39 is 0 Å². The normalized spacial score (nSPS) is 26.4. The molecule has 90 valence electrons. The fourth-order valence-corrected chi connectivity index (χ4v) is 3.24. The molecule has 0 unspecified atom stereocenters. The van der Waals surface area contributed by atoms with Gasteiger partial charge in [-0.25, -0.2) is 0 Å². The Kier molecular flexibility index (Phi) is 3.11. The highest BCUT2D eigenvalue weighted by atomic mass is 15.2. The molecule has 1 aliphatic rings. The standard InChI is InChI=1S/C14H24N2/c1-9(2)14-12-6-7-15-13(12)8-11(5)16(14)10(3)4/h6-7,9-11,14-15H,8H2,1-5H3/t11-,14-/m0/s1. The van der Waals surface area contributed by atoms with Crippen molar-refractivity contribution in [2.24, 2.45) is 5.92 Å². The number of nitrogens with zero attached hydrogens (tertiary/aromatic N) is 1. The van der Waals surface area contributed by atoms with Crippen LogP contribution in [0.3, 0.4) is 0 Å². The third kappa shape index (κ3) is 1.80. The van der Waals surface area contributed by atoms with Gasteiger partial charge in [0.1, 0.15) is 0 Å². The smallest absolute Gasteiger partial charge is 0.0394 e. The first kappa shape index (κ1) is 11.7. The molecule has 0 saturated carbocycles. The predicted octanol–water partition coefficient (Wildman–Crippen LogP) is 3.37. The van der Waals surface area contributed by atoms with Crippen LogP contribution in [0.15, 0.2) is 12.3 Å². The molecule has 0 spiro atoms. The summed E-state index contributed by atoms with van der Waals surface area (Å²) in [5, 5.41) is 0. The molecular weight excluding hydrogens is 196 g/mol. The zero-order chi connectivity index (χ0) is 11.9. The Morgan fingerprint density at radius 2 is 2.00 bits per heavy atom. The number of fused-ring (bicyclic) bond motifs is 1. The molecule has 0 aliphatic carbocycles.